The zero-order valence-electron chi connectivity index (χ0n) is 11.5. The molecule has 4 heteroatoms. The number of amides is 1. The highest BCUT2D eigenvalue weighted by Crippen LogP contribution is 2.16. The summed E-state index contributed by atoms with van der Waals surface area (Å²) in [4.78, 5) is 13.6. The zero-order valence-corrected chi connectivity index (χ0v) is 11.5. The van der Waals surface area contributed by atoms with Gasteiger partial charge < -0.3 is 10.1 Å². The van der Waals surface area contributed by atoms with Crippen LogP contribution in [-0.2, 0) is 16.1 Å². The first kappa shape index (κ1) is 14.0. The topological polar surface area (TPSA) is 41.6 Å². The molecule has 0 aliphatic carbocycles. The Morgan fingerprint density at radius 2 is 2.00 bits per heavy atom. The first-order valence-electron chi connectivity index (χ1n) is 6.86. The molecule has 0 spiro atoms. The van der Waals surface area contributed by atoms with Crippen LogP contribution in [0.5, 0.6) is 0 Å². The predicted molar refractivity (Wildman–Crippen MR) is 74.8 cm³/mol. The number of nitrogens with zero attached hydrogens (tertiary/aromatic N) is 1. The van der Waals surface area contributed by atoms with Gasteiger partial charge in [0, 0.05) is 26.7 Å². The van der Waals surface area contributed by atoms with E-state index in [1.165, 1.54) is 5.56 Å². The summed E-state index contributed by atoms with van der Waals surface area (Å²) in [5, 5.41) is 2.57. The monoisotopic (exact) mass is 262 g/mol. The van der Waals surface area contributed by atoms with Crippen LogP contribution in [0.25, 0.3) is 0 Å². The van der Waals surface area contributed by atoms with Gasteiger partial charge in [-0.1, -0.05) is 30.3 Å². The average molecular weight is 262 g/mol. The van der Waals surface area contributed by atoms with Crippen LogP contribution in [0.4, 0.5) is 0 Å². The Bertz CT molecular complexity index is 386. The Morgan fingerprint density at radius 3 is 2.63 bits per heavy atom. The van der Waals surface area contributed by atoms with Crippen molar-refractivity contribution in [3.05, 3.63) is 35.9 Å². The molecule has 4 nitrogen and oxygen atoms in total. The molecule has 0 radical (unpaired) electrons. The van der Waals surface area contributed by atoms with E-state index in [0.29, 0.717) is 0 Å². The molecule has 19 heavy (non-hydrogen) atoms. The molecule has 1 aromatic carbocycles. The molecular formula is C15H22N2O2. The number of rotatable bonds is 5. The number of likely N-dealkylation sites (tertiary alicyclic amines) is 1. The fourth-order valence-corrected chi connectivity index (χ4v) is 2.34. The first-order valence-corrected chi connectivity index (χ1v) is 6.86. The van der Waals surface area contributed by atoms with Crippen molar-refractivity contribution in [3.8, 4) is 0 Å². The second kappa shape index (κ2) is 7.26. The Balaban J connectivity index is 1.69. The minimum absolute atomic E-state index is 0.0493. The highest BCUT2D eigenvalue weighted by molar-refractivity contribution is 5.76. The van der Waals surface area contributed by atoms with Gasteiger partial charge in [-0.3, -0.25) is 9.69 Å². The Labute approximate surface area is 114 Å². The number of ether oxygens (including phenoxy) is 1. The molecule has 0 bridgehead atoms. The fourth-order valence-electron chi connectivity index (χ4n) is 2.34. The van der Waals surface area contributed by atoms with Crippen LogP contribution in [-0.4, -0.2) is 43.7 Å². The average Bonchev–Trinajstić information content (AvgIpc) is 2.47. The summed E-state index contributed by atoms with van der Waals surface area (Å²) < 4.78 is 5.60. The molecule has 0 unspecified atom stereocenters. The van der Waals surface area contributed by atoms with Gasteiger partial charge in [0.25, 0.3) is 0 Å². The van der Waals surface area contributed by atoms with Gasteiger partial charge in [0.05, 0.1) is 6.10 Å². The lowest BCUT2D eigenvalue weighted by molar-refractivity contribution is -0.128. The van der Waals surface area contributed by atoms with E-state index in [1.807, 2.05) is 6.07 Å². The number of piperidine rings is 1. The number of hydrogen-bond acceptors (Lipinski definition) is 3. The van der Waals surface area contributed by atoms with Gasteiger partial charge in [0.1, 0.15) is 6.61 Å². The van der Waals surface area contributed by atoms with E-state index in [-0.39, 0.29) is 18.6 Å². The number of likely N-dealkylation sites (N-methyl/N-ethyl adjacent to an activating group) is 1. The number of carbonyl (C=O) groups excluding carboxylic acids is 1. The van der Waals surface area contributed by atoms with E-state index >= 15 is 0 Å². The highest BCUT2D eigenvalue weighted by atomic mass is 16.5. The molecule has 1 fully saturated rings. The number of carbonyl (C=O) groups is 1. The molecule has 1 saturated heterocycles. The third kappa shape index (κ3) is 4.65. The van der Waals surface area contributed by atoms with Crippen LogP contribution in [0.2, 0.25) is 0 Å². The van der Waals surface area contributed by atoms with Crippen LogP contribution in [0.15, 0.2) is 30.3 Å². The molecule has 1 aromatic rings. The molecule has 0 aromatic heterocycles. The fraction of sp³-hybridized carbons (Fsp3) is 0.533. The lowest BCUT2D eigenvalue weighted by atomic mass is 10.1. The highest BCUT2D eigenvalue weighted by Gasteiger charge is 2.20. The SMILES string of the molecule is CNC(=O)COC1CCN(Cc2ccccc2)CC1. The van der Waals surface area contributed by atoms with Crippen molar-refractivity contribution in [2.24, 2.45) is 0 Å². The summed E-state index contributed by atoms with van der Waals surface area (Å²) in [6, 6.07) is 10.5. The smallest absolute Gasteiger partial charge is 0.245 e. The van der Waals surface area contributed by atoms with E-state index < -0.39 is 0 Å². The summed E-state index contributed by atoms with van der Waals surface area (Å²) in [5.74, 6) is -0.0493. The van der Waals surface area contributed by atoms with Gasteiger partial charge in [0.2, 0.25) is 5.91 Å². The molecule has 1 aliphatic heterocycles. The zero-order chi connectivity index (χ0) is 13.5. The summed E-state index contributed by atoms with van der Waals surface area (Å²) in [5.41, 5.74) is 1.35. The number of hydrogen-bond donors (Lipinski definition) is 1. The summed E-state index contributed by atoms with van der Waals surface area (Å²) in [6.07, 6.45) is 2.23. The third-order valence-electron chi connectivity index (χ3n) is 3.51. The van der Waals surface area contributed by atoms with E-state index in [9.17, 15) is 4.79 Å². The maximum absolute atomic E-state index is 11.1. The predicted octanol–water partition coefficient (Wildman–Crippen LogP) is 1.41. The summed E-state index contributed by atoms with van der Waals surface area (Å²) in [7, 11) is 1.63. The van der Waals surface area contributed by atoms with Gasteiger partial charge in [-0.25, -0.2) is 0 Å². The normalized spacial score (nSPS) is 17.3. The van der Waals surface area contributed by atoms with Crippen molar-refractivity contribution in [3.63, 3.8) is 0 Å². The van der Waals surface area contributed by atoms with Crippen molar-refractivity contribution in [2.45, 2.75) is 25.5 Å². The van der Waals surface area contributed by atoms with Gasteiger partial charge >= 0.3 is 0 Å². The van der Waals surface area contributed by atoms with Gasteiger partial charge in [-0.05, 0) is 18.4 Å². The lowest BCUT2D eigenvalue weighted by Gasteiger charge is -2.31. The third-order valence-corrected chi connectivity index (χ3v) is 3.51. The molecule has 1 N–H and O–H groups in total. The lowest BCUT2D eigenvalue weighted by Crippen LogP contribution is -2.38. The summed E-state index contributed by atoms with van der Waals surface area (Å²) in [6.45, 7) is 3.25. The van der Waals surface area contributed by atoms with Crippen LogP contribution < -0.4 is 5.32 Å². The largest absolute Gasteiger partial charge is 0.368 e. The molecule has 0 atom stereocenters. The Hall–Kier alpha value is -1.39. The van der Waals surface area contributed by atoms with Crippen LogP contribution in [0.3, 0.4) is 0 Å². The molecular weight excluding hydrogens is 240 g/mol. The molecule has 1 aliphatic rings. The van der Waals surface area contributed by atoms with Crippen molar-refractivity contribution in [2.75, 3.05) is 26.7 Å². The molecule has 1 amide bonds. The van der Waals surface area contributed by atoms with Crippen molar-refractivity contribution in [1.82, 2.24) is 10.2 Å². The van der Waals surface area contributed by atoms with Crippen LogP contribution in [0.1, 0.15) is 18.4 Å². The van der Waals surface area contributed by atoms with E-state index in [1.54, 1.807) is 7.05 Å². The van der Waals surface area contributed by atoms with Gasteiger partial charge in [-0.2, -0.15) is 0 Å². The number of benzene rings is 1. The van der Waals surface area contributed by atoms with Crippen molar-refractivity contribution >= 4 is 5.91 Å². The van der Waals surface area contributed by atoms with Crippen LogP contribution in [0, 0.1) is 0 Å². The molecule has 104 valence electrons. The number of nitrogens with one attached hydrogen (secondary N) is 1. The quantitative estimate of drug-likeness (QED) is 0.872. The van der Waals surface area contributed by atoms with Gasteiger partial charge in [-0.15, -0.1) is 0 Å². The second-order valence-corrected chi connectivity index (χ2v) is 4.95. The maximum atomic E-state index is 11.1. The Kier molecular flexibility index (Phi) is 5.36. The van der Waals surface area contributed by atoms with Crippen molar-refractivity contribution in [1.29, 1.82) is 0 Å². The van der Waals surface area contributed by atoms with Crippen LogP contribution >= 0.6 is 0 Å². The molecule has 0 saturated carbocycles. The minimum Gasteiger partial charge on any atom is -0.368 e. The van der Waals surface area contributed by atoms with E-state index in [0.717, 1.165) is 32.5 Å². The minimum atomic E-state index is -0.0493. The van der Waals surface area contributed by atoms with Crippen molar-refractivity contribution < 1.29 is 9.53 Å². The summed E-state index contributed by atoms with van der Waals surface area (Å²) >= 11 is 0. The van der Waals surface area contributed by atoms with E-state index in [2.05, 4.69) is 34.5 Å². The van der Waals surface area contributed by atoms with Gasteiger partial charge in [0.15, 0.2) is 0 Å². The molecule has 2 rings (SSSR count). The molecule has 1 heterocycles. The first-order chi connectivity index (χ1) is 9.28. The standard InChI is InChI=1S/C15H22N2O2/c1-16-15(18)12-19-14-7-9-17(10-8-14)11-13-5-3-2-4-6-13/h2-6,14H,7-12H2,1H3,(H,16,18). The van der Waals surface area contributed by atoms with E-state index in [4.69, 9.17) is 4.74 Å². The Morgan fingerprint density at radius 1 is 1.32 bits per heavy atom. The maximum Gasteiger partial charge on any atom is 0.245 e. The second-order valence-electron chi connectivity index (χ2n) is 4.95.